The van der Waals surface area contributed by atoms with E-state index >= 15 is 0 Å². The van der Waals surface area contributed by atoms with Crippen LogP contribution in [0.1, 0.15) is 56.9 Å². The van der Waals surface area contributed by atoms with E-state index in [9.17, 15) is 9.59 Å². The zero-order chi connectivity index (χ0) is 32.9. The van der Waals surface area contributed by atoms with Crippen molar-refractivity contribution >= 4 is 11.9 Å². The summed E-state index contributed by atoms with van der Waals surface area (Å²) >= 11 is 0. The van der Waals surface area contributed by atoms with Crippen LogP contribution in [0.4, 0.5) is 0 Å². The van der Waals surface area contributed by atoms with Gasteiger partial charge in [0.05, 0.1) is 92.4 Å². The molecule has 12 heteroatoms. The van der Waals surface area contributed by atoms with Gasteiger partial charge in [-0.3, -0.25) is 9.59 Å². The maximum absolute atomic E-state index is 11.9. The standard InChI is InChI=1S/C35H58NO10.Fe/c1-36(2,3)15-14-29-12-13-32(43-24-20-39-16-18-41-22-26-45-34(37)30-8-4-5-9-30)33(28-29)44-25-21-40-17-19-42-23-27-46-35(38)31-10-6-7-11-31;/h12-13,28,30-31H,4-11,14-27H2,1-3H3;/q+1;. The van der Waals surface area contributed by atoms with Crippen LogP contribution in [0.25, 0.3) is 0 Å². The summed E-state index contributed by atoms with van der Waals surface area (Å²) in [4.78, 5) is 23.9. The number of carbonyl (C=O) groups excluding carboxylic acids is 2. The number of quaternary nitrogens is 1. The number of nitrogens with zero attached hydrogens (tertiary/aromatic N) is 1. The molecule has 2 fully saturated rings. The molecule has 2 aliphatic rings. The number of benzene rings is 1. The van der Waals surface area contributed by atoms with Crippen molar-refractivity contribution in [1.29, 1.82) is 0 Å². The number of rotatable bonds is 25. The van der Waals surface area contributed by atoms with Crippen molar-refractivity contribution < 1.29 is 69.0 Å². The van der Waals surface area contributed by atoms with Gasteiger partial charge in [0.25, 0.3) is 0 Å². The van der Waals surface area contributed by atoms with Crippen LogP contribution in [0.3, 0.4) is 0 Å². The number of hydrogen-bond acceptors (Lipinski definition) is 10. The number of carbonyl (C=O) groups is 2. The van der Waals surface area contributed by atoms with Crippen LogP contribution in [0, 0.1) is 11.8 Å². The van der Waals surface area contributed by atoms with Crippen LogP contribution in [-0.2, 0) is 61.5 Å². The molecular formula is C35H58FeNO10+. The van der Waals surface area contributed by atoms with Gasteiger partial charge in [-0.05, 0) is 43.4 Å². The first kappa shape index (κ1) is 41.3. The van der Waals surface area contributed by atoms with Gasteiger partial charge in [-0.25, -0.2) is 0 Å². The molecule has 0 amide bonds. The minimum atomic E-state index is -0.0943. The number of esters is 2. The molecule has 0 aliphatic heterocycles. The summed E-state index contributed by atoms with van der Waals surface area (Å²) in [7, 11) is 6.53. The molecule has 2 saturated carbocycles. The predicted molar refractivity (Wildman–Crippen MR) is 173 cm³/mol. The molecule has 0 heterocycles. The first-order valence-corrected chi connectivity index (χ1v) is 17.1. The molecule has 0 unspecified atom stereocenters. The van der Waals surface area contributed by atoms with E-state index in [2.05, 4.69) is 27.2 Å². The van der Waals surface area contributed by atoms with Gasteiger partial charge in [0, 0.05) is 23.5 Å². The number of ether oxygens (including phenoxy) is 8. The average Bonchev–Trinajstić information content (AvgIpc) is 3.77. The van der Waals surface area contributed by atoms with Crippen molar-refractivity contribution in [2.75, 3.05) is 107 Å². The molecule has 11 nitrogen and oxygen atoms in total. The quantitative estimate of drug-likeness (QED) is 0.0635. The molecule has 47 heavy (non-hydrogen) atoms. The topological polar surface area (TPSA) is 108 Å². The second-order valence-electron chi connectivity index (χ2n) is 13.0. The van der Waals surface area contributed by atoms with E-state index in [0.29, 0.717) is 77.6 Å². The van der Waals surface area contributed by atoms with Crippen molar-refractivity contribution in [2.45, 2.75) is 57.8 Å². The third kappa shape index (κ3) is 18.4. The molecule has 0 bridgehead atoms. The van der Waals surface area contributed by atoms with Gasteiger partial charge in [-0.15, -0.1) is 0 Å². The maximum Gasteiger partial charge on any atom is 0.309 e. The first-order valence-electron chi connectivity index (χ1n) is 17.1. The summed E-state index contributed by atoms with van der Waals surface area (Å²) in [6.07, 6.45) is 9.15. The molecule has 3 rings (SSSR count). The van der Waals surface area contributed by atoms with Crippen molar-refractivity contribution in [1.82, 2.24) is 0 Å². The fourth-order valence-corrected chi connectivity index (χ4v) is 5.43. The van der Waals surface area contributed by atoms with Gasteiger partial charge in [0.2, 0.25) is 0 Å². The molecule has 0 saturated heterocycles. The fraction of sp³-hybridized carbons (Fsp3) is 0.771. The van der Waals surface area contributed by atoms with Gasteiger partial charge in [-0.2, -0.15) is 0 Å². The van der Waals surface area contributed by atoms with E-state index in [4.69, 9.17) is 37.9 Å². The molecule has 0 N–H and O–H groups in total. The Labute approximate surface area is 292 Å². The van der Waals surface area contributed by atoms with E-state index in [1.54, 1.807) is 0 Å². The summed E-state index contributed by atoms with van der Waals surface area (Å²) < 4.78 is 45.9. The Hall–Kier alpha value is -1.92. The van der Waals surface area contributed by atoms with Gasteiger partial charge < -0.3 is 42.4 Å². The first-order chi connectivity index (χ1) is 22.3. The molecular weight excluding hydrogens is 650 g/mol. The van der Waals surface area contributed by atoms with Crippen LogP contribution in [-0.4, -0.2) is 123 Å². The Morgan fingerprint density at radius 3 is 1.45 bits per heavy atom. The molecule has 0 spiro atoms. The zero-order valence-electron chi connectivity index (χ0n) is 28.8. The average molecular weight is 709 g/mol. The van der Waals surface area contributed by atoms with Crippen LogP contribution >= 0.6 is 0 Å². The largest absolute Gasteiger partial charge is 0.487 e. The van der Waals surface area contributed by atoms with Gasteiger partial charge in [-0.1, -0.05) is 31.7 Å². The Balaban J connectivity index is 0.00000768. The van der Waals surface area contributed by atoms with Crippen molar-refractivity contribution in [3.63, 3.8) is 0 Å². The van der Waals surface area contributed by atoms with Crippen LogP contribution in [0.2, 0.25) is 0 Å². The summed E-state index contributed by atoms with van der Waals surface area (Å²) in [5, 5.41) is 0. The van der Waals surface area contributed by atoms with Crippen molar-refractivity contribution in [3.05, 3.63) is 23.8 Å². The van der Waals surface area contributed by atoms with Crippen LogP contribution in [0.5, 0.6) is 11.5 Å². The third-order valence-electron chi connectivity index (χ3n) is 8.11. The molecule has 0 aromatic heterocycles. The third-order valence-corrected chi connectivity index (χ3v) is 8.11. The molecule has 2 aliphatic carbocycles. The summed E-state index contributed by atoms with van der Waals surface area (Å²) in [6.45, 7) is 5.57. The summed E-state index contributed by atoms with van der Waals surface area (Å²) in [6, 6.07) is 6.06. The summed E-state index contributed by atoms with van der Waals surface area (Å²) in [5.41, 5.74) is 1.18. The molecule has 0 atom stereocenters. The van der Waals surface area contributed by atoms with Crippen LogP contribution in [0.15, 0.2) is 18.2 Å². The fourth-order valence-electron chi connectivity index (χ4n) is 5.43. The van der Waals surface area contributed by atoms with Gasteiger partial charge in [0.1, 0.15) is 26.4 Å². The van der Waals surface area contributed by atoms with E-state index < -0.39 is 0 Å². The Morgan fingerprint density at radius 1 is 0.596 bits per heavy atom. The van der Waals surface area contributed by atoms with Gasteiger partial charge >= 0.3 is 11.9 Å². The van der Waals surface area contributed by atoms with Crippen molar-refractivity contribution in [3.8, 4) is 11.5 Å². The molecule has 0 radical (unpaired) electrons. The second kappa shape index (κ2) is 24.3. The SMILES string of the molecule is C[N+](C)(C)CCc1ccc(OCCOCCOCCOC(=O)C2CCCC2)c(OCCOCCOCCOC(=O)C2CCCC2)c1.[Fe]. The molecule has 270 valence electrons. The van der Waals surface area contributed by atoms with E-state index in [1.165, 1.54) is 5.56 Å². The normalized spacial score (nSPS) is 15.4. The van der Waals surface area contributed by atoms with Gasteiger partial charge in [0.15, 0.2) is 11.5 Å². The number of likely N-dealkylation sites (N-methyl/N-ethyl adjacent to an activating group) is 1. The minimum absolute atomic E-state index is 0. The van der Waals surface area contributed by atoms with E-state index in [1.807, 2.05) is 12.1 Å². The van der Waals surface area contributed by atoms with E-state index in [-0.39, 0.29) is 54.1 Å². The van der Waals surface area contributed by atoms with E-state index in [0.717, 1.165) is 68.8 Å². The Bertz CT molecular complexity index is 993. The monoisotopic (exact) mass is 708 g/mol. The predicted octanol–water partition coefficient (Wildman–Crippen LogP) is 4.22. The van der Waals surface area contributed by atoms with Crippen molar-refractivity contribution in [2.24, 2.45) is 11.8 Å². The Kier molecular flexibility index (Phi) is 21.3. The maximum atomic E-state index is 11.9. The molecule has 1 aromatic carbocycles. The molecule has 1 aromatic rings. The smallest absolute Gasteiger partial charge is 0.309 e. The Morgan fingerprint density at radius 2 is 1.00 bits per heavy atom. The summed E-state index contributed by atoms with van der Waals surface area (Å²) in [5.74, 6) is 1.30. The van der Waals surface area contributed by atoms with Crippen LogP contribution < -0.4 is 9.47 Å². The number of hydrogen-bond donors (Lipinski definition) is 0. The second-order valence-corrected chi connectivity index (χ2v) is 13.0. The zero-order valence-corrected chi connectivity index (χ0v) is 29.9. The minimum Gasteiger partial charge on any atom is -0.487 e.